The first-order valence-corrected chi connectivity index (χ1v) is 17.1. The molecule has 0 radical (unpaired) electrons. The van der Waals surface area contributed by atoms with Gasteiger partial charge < -0.3 is 15.1 Å². The summed E-state index contributed by atoms with van der Waals surface area (Å²) in [7, 11) is 2.03. The molecule has 1 aliphatic carbocycles. The third-order valence-corrected chi connectivity index (χ3v) is 10.6. The average molecular weight is 604 g/mol. The molecule has 0 aromatic heterocycles. The van der Waals surface area contributed by atoms with E-state index in [0.29, 0.717) is 17.9 Å². The quantitative estimate of drug-likeness (QED) is 0.246. The van der Waals surface area contributed by atoms with E-state index in [-0.39, 0.29) is 29.7 Å². The number of aliphatic hydroxyl groups excluding tert-OH is 1. The first kappa shape index (κ1) is 33.0. The first-order valence-electron chi connectivity index (χ1n) is 17.1. The fraction of sp³-hybridized carbons (Fsp3) is 0.605. The summed E-state index contributed by atoms with van der Waals surface area (Å²) < 4.78 is 14.4. The third kappa shape index (κ3) is 8.06. The molecule has 0 spiro atoms. The Labute approximate surface area is 264 Å². The van der Waals surface area contributed by atoms with Crippen LogP contribution in [-0.2, 0) is 6.42 Å². The van der Waals surface area contributed by atoms with Crippen LogP contribution >= 0.6 is 0 Å². The van der Waals surface area contributed by atoms with E-state index in [1.165, 1.54) is 30.2 Å². The van der Waals surface area contributed by atoms with Crippen LogP contribution in [0.5, 0.6) is 0 Å². The largest absolute Gasteiger partial charge is 0.367 e. The minimum atomic E-state index is -1.38. The van der Waals surface area contributed by atoms with E-state index in [1.807, 2.05) is 27.0 Å². The molecule has 5 nitrogen and oxygen atoms in total. The molecule has 3 aliphatic rings. The van der Waals surface area contributed by atoms with Crippen LogP contribution in [-0.4, -0.2) is 76.8 Å². The number of rotatable bonds is 13. The summed E-state index contributed by atoms with van der Waals surface area (Å²) in [5.41, 5.74) is 5.20. The van der Waals surface area contributed by atoms with Gasteiger partial charge in [0.1, 0.15) is 5.82 Å². The van der Waals surface area contributed by atoms with E-state index in [0.717, 1.165) is 63.7 Å². The molecule has 240 valence electrons. The number of piperidine rings is 1. The van der Waals surface area contributed by atoms with Gasteiger partial charge in [0.2, 0.25) is 0 Å². The average Bonchev–Trinajstić information content (AvgIpc) is 3.61. The highest BCUT2D eigenvalue weighted by Gasteiger charge is 2.41. The number of likely N-dealkylation sites (N-methyl/N-ethyl adjacent to an activating group) is 1. The summed E-state index contributed by atoms with van der Waals surface area (Å²) in [6.45, 7) is 9.51. The molecular formula is C38H54FN3O2. The normalized spacial score (nSPS) is 25.7. The maximum absolute atomic E-state index is 14.4. The molecule has 2 fully saturated rings. The van der Waals surface area contributed by atoms with E-state index in [4.69, 9.17) is 4.99 Å². The van der Waals surface area contributed by atoms with Crippen molar-refractivity contribution in [3.05, 3.63) is 83.2 Å². The van der Waals surface area contributed by atoms with E-state index >= 15 is 0 Å². The van der Waals surface area contributed by atoms with Gasteiger partial charge in [-0.15, -0.1) is 0 Å². The van der Waals surface area contributed by atoms with Crippen molar-refractivity contribution in [1.29, 1.82) is 0 Å². The number of likely N-dealkylation sites (tertiary alicyclic amines) is 1. The zero-order valence-electron chi connectivity index (χ0n) is 27.3. The SMILES string of the molecule is CCCCC1N=C(Cc2ccccc2)C=C1C1CCN(C[C@H]2C[C@H](N(C)[C@H](C(C)C)C(O)O)C[C@@H]2c2cccc(F)c2)CC1. The van der Waals surface area contributed by atoms with Gasteiger partial charge in [-0.1, -0.05) is 76.1 Å². The van der Waals surface area contributed by atoms with Gasteiger partial charge in [0, 0.05) is 24.7 Å². The Morgan fingerprint density at radius 3 is 2.43 bits per heavy atom. The molecule has 5 rings (SSSR count). The van der Waals surface area contributed by atoms with Crippen molar-refractivity contribution in [2.45, 2.75) is 102 Å². The van der Waals surface area contributed by atoms with Crippen molar-refractivity contribution in [2.75, 3.05) is 26.7 Å². The zero-order valence-corrected chi connectivity index (χ0v) is 27.3. The molecule has 6 heteroatoms. The third-order valence-electron chi connectivity index (χ3n) is 10.6. The van der Waals surface area contributed by atoms with Crippen molar-refractivity contribution in [3.8, 4) is 0 Å². The lowest BCUT2D eigenvalue weighted by atomic mass is 9.83. The molecule has 1 saturated heterocycles. The number of nitrogens with zero attached hydrogens (tertiary/aromatic N) is 3. The second kappa shape index (κ2) is 15.3. The maximum Gasteiger partial charge on any atom is 0.167 e. The van der Waals surface area contributed by atoms with Gasteiger partial charge in [-0.25, -0.2) is 4.39 Å². The summed E-state index contributed by atoms with van der Waals surface area (Å²) in [6.07, 6.45) is 9.74. The number of aliphatic imine (C=N–C) groups is 1. The van der Waals surface area contributed by atoms with Gasteiger partial charge >= 0.3 is 0 Å². The van der Waals surface area contributed by atoms with E-state index in [2.05, 4.69) is 59.2 Å². The second-order valence-electron chi connectivity index (χ2n) is 14.0. The molecule has 2 aliphatic heterocycles. The molecule has 44 heavy (non-hydrogen) atoms. The summed E-state index contributed by atoms with van der Waals surface area (Å²) in [5.74, 6) is 1.18. The predicted molar refractivity (Wildman–Crippen MR) is 178 cm³/mol. The highest BCUT2D eigenvalue weighted by atomic mass is 19.1. The molecule has 2 aromatic carbocycles. The van der Waals surface area contributed by atoms with Crippen LogP contribution in [0.4, 0.5) is 4.39 Å². The number of aliphatic hydroxyl groups is 2. The van der Waals surface area contributed by atoms with Crippen LogP contribution in [0, 0.1) is 23.6 Å². The fourth-order valence-electron chi connectivity index (χ4n) is 8.34. The Kier molecular flexibility index (Phi) is 11.5. The van der Waals surface area contributed by atoms with Gasteiger partial charge in [-0.2, -0.15) is 0 Å². The molecule has 2 N–H and O–H groups in total. The Bertz CT molecular complexity index is 1250. The lowest BCUT2D eigenvalue weighted by Crippen LogP contribution is -2.49. The standard InChI is InChI=1S/C38H54FN3O2/c1-5-6-15-36-35(23-32(40-36)20-27-11-8-7-9-12-27)28-16-18-42(19-17-28)25-30-22-33(41(4)37(26(2)3)38(43)44)24-34(30)29-13-10-14-31(39)21-29/h7-14,21,23,26,28,30,33-34,36-38,43-44H,5-6,15-20,22,24-25H2,1-4H3/t30-,33+,34-,36?,37-/m1/s1. The molecule has 0 amide bonds. The molecule has 2 aromatic rings. The van der Waals surface area contributed by atoms with Gasteiger partial charge in [0.15, 0.2) is 6.29 Å². The molecule has 5 atom stereocenters. The number of halogens is 1. The van der Waals surface area contributed by atoms with Crippen molar-refractivity contribution in [3.63, 3.8) is 0 Å². The minimum Gasteiger partial charge on any atom is -0.367 e. The highest BCUT2D eigenvalue weighted by molar-refractivity contribution is 5.99. The van der Waals surface area contributed by atoms with Crippen molar-refractivity contribution >= 4 is 5.71 Å². The number of allylic oxidation sites excluding steroid dienone is 1. The molecular weight excluding hydrogens is 549 g/mol. The Balaban J connectivity index is 1.25. The lowest BCUT2D eigenvalue weighted by molar-refractivity contribution is -0.116. The minimum absolute atomic E-state index is 0.119. The fourth-order valence-corrected chi connectivity index (χ4v) is 8.34. The van der Waals surface area contributed by atoms with Crippen LogP contribution in [0.2, 0.25) is 0 Å². The number of unbranched alkanes of at least 4 members (excludes halogenated alkanes) is 1. The van der Waals surface area contributed by atoms with Crippen LogP contribution in [0.25, 0.3) is 0 Å². The Morgan fingerprint density at radius 1 is 1.02 bits per heavy atom. The van der Waals surface area contributed by atoms with E-state index < -0.39 is 6.29 Å². The van der Waals surface area contributed by atoms with Gasteiger partial charge in [0.05, 0.1) is 12.1 Å². The predicted octanol–water partition coefficient (Wildman–Crippen LogP) is 6.85. The first-order chi connectivity index (χ1) is 21.2. The number of hydrogen-bond donors (Lipinski definition) is 2. The monoisotopic (exact) mass is 603 g/mol. The highest BCUT2D eigenvalue weighted by Crippen LogP contribution is 2.44. The second-order valence-corrected chi connectivity index (χ2v) is 14.0. The number of benzene rings is 2. The van der Waals surface area contributed by atoms with Crippen molar-refractivity contribution < 1.29 is 14.6 Å². The van der Waals surface area contributed by atoms with Crippen molar-refractivity contribution in [2.24, 2.45) is 22.7 Å². The molecule has 1 unspecified atom stereocenters. The maximum atomic E-state index is 14.4. The summed E-state index contributed by atoms with van der Waals surface area (Å²) in [4.78, 5) is 10.1. The van der Waals surface area contributed by atoms with E-state index in [1.54, 1.807) is 11.6 Å². The Morgan fingerprint density at radius 2 is 1.77 bits per heavy atom. The van der Waals surface area contributed by atoms with E-state index in [9.17, 15) is 14.6 Å². The smallest absolute Gasteiger partial charge is 0.167 e. The topological polar surface area (TPSA) is 59.3 Å². The molecule has 0 bridgehead atoms. The van der Waals surface area contributed by atoms with Crippen LogP contribution in [0.15, 0.2) is 71.2 Å². The Hall–Kier alpha value is -2.38. The molecule has 1 saturated carbocycles. The van der Waals surface area contributed by atoms with Gasteiger partial charge in [0.25, 0.3) is 0 Å². The summed E-state index contributed by atoms with van der Waals surface area (Å²) >= 11 is 0. The van der Waals surface area contributed by atoms with Gasteiger partial charge in [-0.3, -0.25) is 9.89 Å². The summed E-state index contributed by atoms with van der Waals surface area (Å²) in [6, 6.07) is 18.1. The summed E-state index contributed by atoms with van der Waals surface area (Å²) in [5, 5.41) is 20.3. The number of hydrogen-bond acceptors (Lipinski definition) is 5. The lowest BCUT2D eigenvalue weighted by Gasteiger charge is -2.37. The van der Waals surface area contributed by atoms with Gasteiger partial charge in [-0.05, 0) is 111 Å². The van der Waals surface area contributed by atoms with Crippen LogP contribution in [0.3, 0.4) is 0 Å². The van der Waals surface area contributed by atoms with Crippen LogP contribution in [0.1, 0.15) is 82.8 Å². The van der Waals surface area contributed by atoms with Crippen LogP contribution < -0.4 is 0 Å². The van der Waals surface area contributed by atoms with Crippen molar-refractivity contribution in [1.82, 2.24) is 9.80 Å². The zero-order chi connectivity index (χ0) is 31.2. The molecule has 2 heterocycles.